The van der Waals surface area contributed by atoms with Crippen LogP contribution in [0.25, 0.3) is 11.0 Å². The van der Waals surface area contributed by atoms with Gasteiger partial charge in [0.25, 0.3) is 5.56 Å². The molecule has 0 spiro atoms. The van der Waals surface area contributed by atoms with Gasteiger partial charge in [-0.1, -0.05) is 12.1 Å². The maximum Gasteiger partial charge on any atom is 0.332 e. The van der Waals surface area contributed by atoms with Gasteiger partial charge in [-0.25, -0.2) is 9.78 Å². The molecule has 0 bridgehead atoms. The Morgan fingerprint density at radius 3 is 2.52 bits per heavy atom. The van der Waals surface area contributed by atoms with E-state index < -0.39 is 11.2 Å². The summed E-state index contributed by atoms with van der Waals surface area (Å²) in [5.41, 5.74) is 2.83. The first kappa shape index (κ1) is 20.2. The number of hydrogen-bond acceptors (Lipinski definition) is 5. The predicted octanol–water partition coefficient (Wildman–Crippen LogP) is 2.26. The Morgan fingerprint density at radius 1 is 0.968 bits per heavy atom. The number of fused-ring (bicyclic) bond motifs is 1. The number of carbonyl (C=O) groups is 1. The minimum absolute atomic E-state index is 0.0608. The zero-order valence-corrected chi connectivity index (χ0v) is 17.2. The monoisotopic (exact) mass is 415 g/mol. The van der Waals surface area contributed by atoms with Gasteiger partial charge in [0.15, 0.2) is 5.52 Å². The molecular weight excluding hydrogens is 394 g/mol. The van der Waals surface area contributed by atoms with Crippen molar-refractivity contribution in [2.75, 3.05) is 5.32 Å². The maximum atomic E-state index is 13.2. The van der Waals surface area contributed by atoms with Gasteiger partial charge in [-0.2, -0.15) is 0 Å². The highest BCUT2D eigenvalue weighted by Crippen LogP contribution is 2.18. The second-order valence-electron chi connectivity index (χ2n) is 7.28. The van der Waals surface area contributed by atoms with Crippen molar-refractivity contribution in [3.05, 3.63) is 98.6 Å². The third-order valence-corrected chi connectivity index (χ3v) is 5.26. The summed E-state index contributed by atoms with van der Waals surface area (Å²) in [6, 6.07) is 12.3. The van der Waals surface area contributed by atoms with Crippen molar-refractivity contribution >= 4 is 22.6 Å². The Bertz CT molecular complexity index is 1390. The van der Waals surface area contributed by atoms with Crippen LogP contribution >= 0.6 is 0 Å². The zero-order valence-electron chi connectivity index (χ0n) is 17.2. The Morgan fingerprint density at radius 2 is 1.74 bits per heavy atom. The Kier molecular flexibility index (Phi) is 5.44. The number of aromatic nitrogens is 4. The molecule has 0 saturated heterocycles. The smallest absolute Gasteiger partial charge is 0.324 e. The SMILES string of the molecule is Cc1cccc(NC(=O)Cn2c(=O)n(Cc3ccncc3)c(=O)c3ncccc32)c1C. The molecule has 4 rings (SSSR count). The second kappa shape index (κ2) is 8.35. The van der Waals surface area contributed by atoms with Crippen molar-refractivity contribution in [2.45, 2.75) is 26.9 Å². The molecule has 4 aromatic rings. The summed E-state index contributed by atoms with van der Waals surface area (Å²) in [4.78, 5) is 47.1. The van der Waals surface area contributed by atoms with Crippen molar-refractivity contribution in [1.29, 1.82) is 0 Å². The molecule has 0 unspecified atom stereocenters. The van der Waals surface area contributed by atoms with Crippen LogP contribution in [0.2, 0.25) is 0 Å². The highest BCUT2D eigenvalue weighted by atomic mass is 16.2. The molecule has 0 radical (unpaired) electrons. The predicted molar refractivity (Wildman–Crippen MR) is 118 cm³/mol. The van der Waals surface area contributed by atoms with E-state index in [1.807, 2.05) is 32.0 Å². The molecule has 1 N–H and O–H groups in total. The molecule has 1 amide bonds. The minimum Gasteiger partial charge on any atom is -0.324 e. The van der Waals surface area contributed by atoms with Crippen molar-refractivity contribution in [3.8, 4) is 0 Å². The van der Waals surface area contributed by atoms with E-state index in [1.165, 1.54) is 10.8 Å². The standard InChI is InChI=1S/C23H21N5O3/c1-15-5-3-6-18(16(15)2)26-20(29)14-27-19-7-4-10-25-21(19)22(30)28(23(27)31)13-17-8-11-24-12-9-17/h3-12H,13-14H2,1-2H3,(H,26,29). The second-order valence-corrected chi connectivity index (χ2v) is 7.28. The van der Waals surface area contributed by atoms with Gasteiger partial charge in [-0.15, -0.1) is 0 Å². The molecule has 0 fully saturated rings. The molecule has 0 aliphatic rings. The van der Waals surface area contributed by atoms with Crippen LogP contribution in [0.3, 0.4) is 0 Å². The molecule has 0 saturated carbocycles. The van der Waals surface area contributed by atoms with Gasteiger partial charge in [-0.3, -0.25) is 23.7 Å². The van der Waals surface area contributed by atoms with Crippen LogP contribution in [-0.4, -0.2) is 25.0 Å². The number of carbonyl (C=O) groups excluding carboxylic acids is 1. The fourth-order valence-electron chi connectivity index (χ4n) is 3.43. The van der Waals surface area contributed by atoms with Crippen LogP contribution in [0.15, 0.2) is 70.6 Å². The van der Waals surface area contributed by atoms with Gasteiger partial charge in [-0.05, 0) is 60.9 Å². The third-order valence-electron chi connectivity index (χ3n) is 5.26. The molecule has 156 valence electrons. The number of hydrogen-bond donors (Lipinski definition) is 1. The van der Waals surface area contributed by atoms with Crippen LogP contribution in [0.1, 0.15) is 16.7 Å². The van der Waals surface area contributed by atoms with E-state index in [9.17, 15) is 14.4 Å². The van der Waals surface area contributed by atoms with Crippen molar-refractivity contribution < 1.29 is 4.79 Å². The normalized spacial score (nSPS) is 10.9. The number of amides is 1. The maximum absolute atomic E-state index is 13.2. The van der Waals surface area contributed by atoms with E-state index in [4.69, 9.17) is 0 Å². The van der Waals surface area contributed by atoms with Crippen LogP contribution in [0, 0.1) is 13.8 Å². The van der Waals surface area contributed by atoms with Gasteiger partial charge in [0.2, 0.25) is 5.91 Å². The van der Waals surface area contributed by atoms with E-state index in [-0.39, 0.29) is 24.5 Å². The third kappa shape index (κ3) is 4.00. The molecular formula is C23H21N5O3. The molecule has 8 heteroatoms. The van der Waals surface area contributed by atoms with Crippen LogP contribution in [0.5, 0.6) is 0 Å². The summed E-state index contributed by atoms with van der Waals surface area (Å²) in [5, 5.41) is 2.86. The lowest BCUT2D eigenvalue weighted by atomic mass is 10.1. The number of rotatable bonds is 5. The summed E-state index contributed by atoms with van der Waals surface area (Å²) in [6.07, 6.45) is 4.68. The van der Waals surface area contributed by atoms with E-state index in [1.54, 1.807) is 36.7 Å². The summed E-state index contributed by atoms with van der Waals surface area (Å²) in [5.74, 6) is -0.366. The van der Waals surface area contributed by atoms with Gasteiger partial charge >= 0.3 is 5.69 Å². The van der Waals surface area contributed by atoms with E-state index in [2.05, 4.69) is 15.3 Å². The first-order chi connectivity index (χ1) is 15.0. The largest absolute Gasteiger partial charge is 0.332 e. The Hall–Kier alpha value is -4.07. The molecule has 0 aliphatic heterocycles. The summed E-state index contributed by atoms with van der Waals surface area (Å²) in [7, 11) is 0. The lowest BCUT2D eigenvalue weighted by Gasteiger charge is -2.15. The number of aryl methyl sites for hydroxylation is 1. The average molecular weight is 415 g/mol. The molecule has 8 nitrogen and oxygen atoms in total. The Labute approximate surface area is 177 Å². The van der Waals surface area contributed by atoms with E-state index >= 15 is 0 Å². The number of nitrogens with one attached hydrogen (secondary N) is 1. The molecule has 1 aromatic carbocycles. The number of nitrogens with zero attached hydrogens (tertiary/aromatic N) is 4. The highest BCUT2D eigenvalue weighted by Gasteiger charge is 2.17. The average Bonchev–Trinajstić information content (AvgIpc) is 2.78. The lowest BCUT2D eigenvalue weighted by Crippen LogP contribution is -2.42. The first-order valence-corrected chi connectivity index (χ1v) is 9.79. The molecule has 31 heavy (non-hydrogen) atoms. The molecule has 0 atom stereocenters. The summed E-state index contributed by atoms with van der Waals surface area (Å²) < 4.78 is 2.38. The van der Waals surface area contributed by atoms with Crippen molar-refractivity contribution in [3.63, 3.8) is 0 Å². The topological polar surface area (TPSA) is 98.9 Å². The first-order valence-electron chi connectivity index (χ1n) is 9.79. The van der Waals surface area contributed by atoms with E-state index in [0.29, 0.717) is 11.2 Å². The quantitative estimate of drug-likeness (QED) is 0.539. The minimum atomic E-state index is -0.571. The van der Waals surface area contributed by atoms with Gasteiger partial charge in [0, 0.05) is 24.3 Å². The summed E-state index contributed by atoms with van der Waals surface area (Å²) in [6.45, 7) is 3.70. The summed E-state index contributed by atoms with van der Waals surface area (Å²) >= 11 is 0. The van der Waals surface area contributed by atoms with E-state index in [0.717, 1.165) is 21.3 Å². The van der Waals surface area contributed by atoms with Crippen LogP contribution in [0.4, 0.5) is 5.69 Å². The molecule has 3 heterocycles. The zero-order chi connectivity index (χ0) is 22.0. The highest BCUT2D eigenvalue weighted by molar-refractivity contribution is 5.92. The molecule has 3 aromatic heterocycles. The number of pyridine rings is 2. The Balaban J connectivity index is 1.76. The number of anilines is 1. The van der Waals surface area contributed by atoms with Crippen LogP contribution < -0.4 is 16.6 Å². The van der Waals surface area contributed by atoms with Crippen molar-refractivity contribution in [1.82, 2.24) is 19.1 Å². The van der Waals surface area contributed by atoms with Crippen LogP contribution in [-0.2, 0) is 17.9 Å². The fraction of sp³-hybridized carbons (Fsp3) is 0.174. The lowest BCUT2D eigenvalue weighted by molar-refractivity contribution is -0.116. The van der Waals surface area contributed by atoms with Gasteiger partial charge in [0.1, 0.15) is 6.54 Å². The fourth-order valence-corrected chi connectivity index (χ4v) is 3.43. The number of benzene rings is 1. The van der Waals surface area contributed by atoms with Gasteiger partial charge < -0.3 is 5.32 Å². The van der Waals surface area contributed by atoms with Gasteiger partial charge in [0.05, 0.1) is 12.1 Å². The van der Waals surface area contributed by atoms with Crippen molar-refractivity contribution in [2.24, 2.45) is 0 Å². The molecule has 0 aliphatic carbocycles.